The van der Waals surface area contributed by atoms with Crippen LogP contribution in [0.15, 0.2) is 71.0 Å². The van der Waals surface area contributed by atoms with Crippen molar-refractivity contribution in [3.8, 4) is 0 Å². The Morgan fingerprint density at radius 3 is 2.80 bits per heavy atom. The number of hydrogen-bond donors (Lipinski definition) is 1. The van der Waals surface area contributed by atoms with Crippen LogP contribution in [0.5, 0.6) is 0 Å². The largest absolute Gasteiger partial charge is 0.329 e. The fourth-order valence-corrected chi connectivity index (χ4v) is 3.44. The van der Waals surface area contributed by atoms with Gasteiger partial charge < -0.3 is 9.88 Å². The number of nitrogens with zero attached hydrogens (tertiary/aromatic N) is 2. The van der Waals surface area contributed by atoms with E-state index in [-0.39, 0.29) is 5.91 Å². The van der Waals surface area contributed by atoms with E-state index in [2.05, 4.69) is 35.4 Å². The predicted molar refractivity (Wildman–Crippen MR) is 102 cm³/mol. The molecule has 0 saturated heterocycles. The summed E-state index contributed by atoms with van der Waals surface area (Å²) in [6.07, 6.45) is 4.88. The first-order valence-electron chi connectivity index (χ1n) is 8.21. The van der Waals surface area contributed by atoms with Crippen LogP contribution in [-0.4, -0.2) is 15.5 Å². The zero-order valence-electron chi connectivity index (χ0n) is 14.4. The lowest BCUT2D eigenvalue weighted by molar-refractivity contribution is -0.116. The molecule has 5 heteroatoms. The van der Waals surface area contributed by atoms with Crippen LogP contribution in [0.4, 0.5) is 5.69 Å². The maximum atomic E-state index is 12.4. The summed E-state index contributed by atoms with van der Waals surface area (Å²) in [7, 11) is 1.96. The number of aromatic nitrogens is 2. The molecule has 3 aromatic rings. The minimum Gasteiger partial charge on any atom is -0.329 e. The van der Waals surface area contributed by atoms with Crippen molar-refractivity contribution in [2.75, 3.05) is 5.32 Å². The smallest absolute Gasteiger partial charge is 0.224 e. The normalized spacial score (nSPS) is 10.6. The number of benzene rings is 2. The van der Waals surface area contributed by atoms with Gasteiger partial charge in [-0.05, 0) is 42.8 Å². The molecule has 0 aliphatic heterocycles. The molecule has 2 aromatic carbocycles. The number of rotatable bonds is 6. The second-order valence-corrected chi connectivity index (χ2v) is 6.97. The van der Waals surface area contributed by atoms with Crippen molar-refractivity contribution < 1.29 is 4.79 Å². The van der Waals surface area contributed by atoms with Crippen molar-refractivity contribution in [2.24, 2.45) is 7.05 Å². The Balaban J connectivity index is 1.64. The maximum Gasteiger partial charge on any atom is 0.224 e. The molecule has 0 aliphatic carbocycles. The van der Waals surface area contributed by atoms with Gasteiger partial charge in [-0.1, -0.05) is 42.0 Å². The van der Waals surface area contributed by atoms with Gasteiger partial charge in [-0.15, -0.1) is 0 Å². The van der Waals surface area contributed by atoms with E-state index in [9.17, 15) is 4.79 Å². The van der Waals surface area contributed by atoms with E-state index in [4.69, 9.17) is 0 Å². The van der Waals surface area contributed by atoms with Gasteiger partial charge in [0.2, 0.25) is 5.91 Å². The van der Waals surface area contributed by atoms with E-state index in [1.807, 2.05) is 48.1 Å². The van der Waals surface area contributed by atoms with Gasteiger partial charge in [0.25, 0.3) is 0 Å². The lowest BCUT2D eigenvalue weighted by Gasteiger charge is -2.11. The highest BCUT2D eigenvalue weighted by atomic mass is 32.2. The van der Waals surface area contributed by atoms with Crippen LogP contribution < -0.4 is 5.32 Å². The van der Waals surface area contributed by atoms with Crippen LogP contribution in [0.25, 0.3) is 0 Å². The molecule has 128 valence electrons. The topological polar surface area (TPSA) is 46.9 Å². The molecule has 0 radical (unpaired) electrons. The number of aryl methyl sites for hydroxylation is 3. The quantitative estimate of drug-likeness (QED) is 0.714. The molecule has 4 nitrogen and oxygen atoms in total. The van der Waals surface area contributed by atoms with Gasteiger partial charge in [-0.25, -0.2) is 4.98 Å². The molecule has 0 unspecified atom stereocenters. The molecule has 1 heterocycles. The van der Waals surface area contributed by atoms with E-state index >= 15 is 0 Å². The van der Waals surface area contributed by atoms with Gasteiger partial charge in [-0.2, -0.15) is 0 Å². The van der Waals surface area contributed by atoms with Crippen LogP contribution in [0.2, 0.25) is 0 Å². The minimum absolute atomic E-state index is 0.0226. The molecule has 0 spiro atoms. The Morgan fingerprint density at radius 1 is 1.20 bits per heavy atom. The number of imidazole rings is 1. The van der Waals surface area contributed by atoms with Crippen LogP contribution in [0.1, 0.15) is 17.5 Å². The van der Waals surface area contributed by atoms with E-state index in [0.29, 0.717) is 6.42 Å². The summed E-state index contributed by atoms with van der Waals surface area (Å²) in [6.45, 7) is 2.06. The Labute approximate surface area is 152 Å². The number of amides is 1. The van der Waals surface area contributed by atoms with E-state index in [1.165, 1.54) is 11.1 Å². The Kier molecular flexibility index (Phi) is 5.56. The first-order chi connectivity index (χ1) is 12.1. The highest BCUT2D eigenvalue weighted by molar-refractivity contribution is 7.99. The number of anilines is 1. The summed E-state index contributed by atoms with van der Waals surface area (Å²) in [6, 6.07) is 16.1. The SMILES string of the molecule is Cc1cccc(CCC(=O)Nc2ccccc2Sc2nccn2C)c1. The molecule has 0 aliphatic rings. The molecular weight excluding hydrogens is 330 g/mol. The van der Waals surface area contributed by atoms with Crippen molar-refractivity contribution in [1.82, 2.24) is 9.55 Å². The van der Waals surface area contributed by atoms with Crippen LogP contribution in [0.3, 0.4) is 0 Å². The third kappa shape index (κ3) is 4.73. The third-order valence-corrected chi connectivity index (χ3v) is 5.01. The number of hydrogen-bond acceptors (Lipinski definition) is 3. The Bertz CT molecular complexity index is 873. The van der Waals surface area contributed by atoms with Crippen LogP contribution in [0, 0.1) is 6.92 Å². The molecule has 25 heavy (non-hydrogen) atoms. The standard InChI is InChI=1S/C20H21N3OS/c1-15-6-5-7-16(14-15)10-11-19(24)22-17-8-3-4-9-18(17)25-20-21-12-13-23(20)2/h3-9,12-14H,10-11H2,1-2H3,(H,22,24). The number of carbonyl (C=O) groups is 1. The number of carbonyl (C=O) groups excluding carboxylic acids is 1. The van der Waals surface area contributed by atoms with Crippen molar-refractivity contribution >= 4 is 23.4 Å². The maximum absolute atomic E-state index is 12.4. The van der Waals surface area contributed by atoms with Gasteiger partial charge >= 0.3 is 0 Å². The molecule has 0 bridgehead atoms. The zero-order valence-corrected chi connectivity index (χ0v) is 15.2. The summed E-state index contributed by atoms with van der Waals surface area (Å²) in [4.78, 5) is 17.7. The van der Waals surface area contributed by atoms with Crippen molar-refractivity contribution in [3.63, 3.8) is 0 Å². The lowest BCUT2D eigenvalue weighted by atomic mass is 10.1. The van der Waals surface area contributed by atoms with Crippen LogP contribution >= 0.6 is 11.8 Å². The number of nitrogens with one attached hydrogen (secondary N) is 1. The van der Waals surface area contributed by atoms with E-state index < -0.39 is 0 Å². The second kappa shape index (κ2) is 8.03. The molecule has 0 saturated carbocycles. The van der Waals surface area contributed by atoms with Crippen molar-refractivity contribution in [1.29, 1.82) is 0 Å². The monoisotopic (exact) mass is 351 g/mol. The van der Waals surface area contributed by atoms with Gasteiger partial charge in [0, 0.05) is 30.8 Å². The first kappa shape index (κ1) is 17.3. The summed E-state index contributed by atoms with van der Waals surface area (Å²) >= 11 is 1.54. The molecule has 1 amide bonds. The average Bonchev–Trinajstić information content (AvgIpc) is 3.00. The molecule has 3 rings (SSSR count). The fraction of sp³-hybridized carbons (Fsp3) is 0.200. The Morgan fingerprint density at radius 2 is 2.04 bits per heavy atom. The summed E-state index contributed by atoms with van der Waals surface area (Å²) in [5.41, 5.74) is 3.23. The highest BCUT2D eigenvalue weighted by Gasteiger charge is 2.10. The highest BCUT2D eigenvalue weighted by Crippen LogP contribution is 2.32. The molecular formula is C20H21N3OS. The summed E-state index contributed by atoms with van der Waals surface area (Å²) in [5, 5.41) is 3.92. The summed E-state index contributed by atoms with van der Waals surface area (Å²) in [5.74, 6) is 0.0226. The molecule has 0 atom stereocenters. The molecule has 1 N–H and O–H groups in total. The van der Waals surface area contributed by atoms with Crippen LogP contribution in [-0.2, 0) is 18.3 Å². The first-order valence-corrected chi connectivity index (χ1v) is 9.03. The van der Waals surface area contributed by atoms with E-state index in [0.717, 1.165) is 22.2 Å². The fourth-order valence-electron chi connectivity index (χ4n) is 2.55. The average molecular weight is 351 g/mol. The zero-order chi connectivity index (χ0) is 17.6. The third-order valence-electron chi connectivity index (χ3n) is 3.86. The Hall–Kier alpha value is -2.53. The minimum atomic E-state index is 0.0226. The predicted octanol–water partition coefficient (Wildman–Crippen LogP) is 4.45. The molecule has 0 fully saturated rings. The van der Waals surface area contributed by atoms with E-state index in [1.54, 1.807) is 18.0 Å². The second-order valence-electron chi connectivity index (χ2n) is 5.96. The van der Waals surface area contributed by atoms with Gasteiger partial charge in [0.1, 0.15) is 0 Å². The lowest BCUT2D eigenvalue weighted by Crippen LogP contribution is -2.13. The molecule has 1 aromatic heterocycles. The van der Waals surface area contributed by atoms with Gasteiger partial charge in [-0.3, -0.25) is 4.79 Å². The van der Waals surface area contributed by atoms with Gasteiger partial charge in [0.15, 0.2) is 5.16 Å². The van der Waals surface area contributed by atoms with Gasteiger partial charge in [0.05, 0.1) is 5.69 Å². The van der Waals surface area contributed by atoms with Crippen molar-refractivity contribution in [2.45, 2.75) is 29.8 Å². The van der Waals surface area contributed by atoms with Crippen molar-refractivity contribution in [3.05, 3.63) is 72.1 Å². The summed E-state index contributed by atoms with van der Waals surface area (Å²) < 4.78 is 1.96. The number of para-hydroxylation sites is 1.